The monoisotopic (exact) mass is 336 g/mol. The Morgan fingerprint density at radius 3 is 2.46 bits per heavy atom. The SMILES string of the molecule is CC.CN(CC1CCC(C(=O)O)CC1)c1cc(O)ccc1NC=O. The number of phenolic OH excluding ortho intramolecular Hbond substituents is 1. The summed E-state index contributed by atoms with van der Waals surface area (Å²) >= 11 is 0. The van der Waals surface area contributed by atoms with Crippen LogP contribution in [0.4, 0.5) is 11.4 Å². The Hall–Kier alpha value is -2.24. The molecular weight excluding hydrogens is 308 g/mol. The zero-order chi connectivity index (χ0) is 18.1. The molecule has 0 bridgehead atoms. The number of aromatic hydroxyl groups is 1. The number of aliphatic carboxylic acids is 1. The Bertz CT molecular complexity index is 540. The molecule has 6 nitrogen and oxygen atoms in total. The normalized spacial score (nSPS) is 19.6. The van der Waals surface area contributed by atoms with Gasteiger partial charge >= 0.3 is 5.97 Å². The maximum Gasteiger partial charge on any atom is 0.306 e. The van der Waals surface area contributed by atoms with E-state index in [9.17, 15) is 14.7 Å². The molecule has 3 N–H and O–H groups in total. The summed E-state index contributed by atoms with van der Waals surface area (Å²) < 4.78 is 0. The Labute approximate surface area is 143 Å². The number of carbonyl (C=O) groups excluding carboxylic acids is 1. The van der Waals surface area contributed by atoms with Gasteiger partial charge < -0.3 is 20.4 Å². The molecule has 1 fully saturated rings. The molecule has 0 aliphatic heterocycles. The van der Waals surface area contributed by atoms with Crippen LogP contribution in [0.2, 0.25) is 0 Å². The van der Waals surface area contributed by atoms with Crippen molar-refractivity contribution < 1.29 is 19.8 Å². The van der Waals surface area contributed by atoms with Crippen LogP contribution in [0.5, 0.6) is 5.75 Å². The smallest absolute Gasteiger partial charge is 0.306 e. The standard InChI is InChI=1S/C16H22N2O4.C2H6/c1-18(9-11-2-4-12(5-3-11)16(21)22)15-8-13(20)6-7-14(15)17-10-19;1-2/h6-8,10-12,20H,2-5,9H2,1H3,(H,17,19)(H,21,22);1-2H3. The lowest BCUT2D eigenvalue weighted by Crippen LogP contribution is -2.30. The Morgan fingerprint density at radius 2 is 1.92 bits per heavy atom. The number of hydrogen-bond acceptors (Lipinski definition) is 4. The maximum atomic E-state index is 11.0. The molecular formula is C18H28N2O4. The molecule has 0 heterocycles. The quantitative estimate of drug-likeness (QED) is 0.548. The average molecular weight is 336 g/mol. The molecule has 1 saturated carbocycles. The number of benzene rings is 1. The number of hydrogen-bond donors (Lipinski definition) is 3. The molecule has 0 aromatic heterocycles. The van der Waals surface area contributed by atoms with E-state index >= 15 is 0 Å². The second kappa shape index (κ2) is 9.80. The summed E-state index contributed by atoms with van der Waals surface area (Å²) in [5.74, 6) is -0.341. The molecule has 24 heavy (non-hydrogen) atoms. The highest BCUT2D eigenvalue weighted by Gasteiger charge is 2.26. The van der Waals surface area contributed by atoms with Gasteiger partial charge in [0.05, 0.1) is 17.3 Å². The zero-order valence-corrected chi connectivity index (χ0v) is 14.7. The molecule has 1 aromatic rings. The summed E-state index contributed by atoms with van der Waals surface area (Å²) in [7, 11) is 1.91. The first-order chi connectivity index (χ1) is 11.5. The van der Waals surface area contributed by atoms with Gasteiger partial charge in [0.1, 0.15) is 5.75 Å². The lowest BCUT2D eigenvalue weighted by atomic mass is 9.82. The number of anilines is 2. The van der Waals surface area contributed by atoms with E-state index in [1.165, 1.54) is 6.07 Å². The molecule has 0 spiro atoms. The first-order valence-corrected chi connectivity index (χ1v) is 8.48. The number of carboxylic acids is 1. The van der Waals surface area contributed by atoms with Crippen molar-refractivity contribution in [3.05, 3.63) is 18.2 Å². The maximum absolute atomic E-state index is 11.0. The van der Waals surface area contributed by atoms with Crippen LogP contribution in [0.25, 0.3) is 0 Å². The van der Waals surface area contributed by atoms with Crippen molar-refractivity contribution in [2.45, 2.75) is 39.5 Å². The zero-order valence-electron chi connectivity index (χ0n) is 14.7. The molecule has 134 valence electrons. The number of rotatable bonds is 6. The number of phenols is 1. The second-order valence-corrected chi connectivity index (χ2v) is 5.90. The highest BCUT2D eigenvalue weighted by atomic mass is 16.4. The lowest BCUT2D eigenvalue weighted by Gasteiger charge is -2.31. The molecule has 0 saturated heterocycles. The van der Waals surface area contributed by atoms with Gasteiger partial charge in [0.25, 0.3) is 0 Å². The lowest BCUT2D eigenvalue weighted by molar-refractivity contribution is -0.143. The van der Waals surface area contributed by atoms with E-state index < -0.39 is 5.97 Å². The number of nitrogens with one attached hydrogen (secondary N) is 1. The molecule has 1 aromatic carbocycles. The number of nitrogens with zero attached hydrogens (tertiary/aromatic N) is 1. The van der Waals surface area contributed by atoms with Crippen molar-refractivity contribution in [1.29, 1.82) is 0 Å². The number of carbonyl (C=O) groups is 2. The average Bonchev–Trinajstić information content (AvgIpc) is 2.59. The van der Waals surface area contributed by atoms with Crippen LogP contribution in [-0.4, -0.2) is 36.2 Å². The molecule has 0 radical (unpaired) electrons. The minimum Gasteiger partial charge on any atom is -0.508 e. The largest absolute Gasteiger partial charge is 0.508 e. The fourth-order valence-corrected chi connectivity index (χ4v) is 3.10. The summed E-state index contributed by atoms with van der Waals surface area (Å²) in [6, 6.07) is 4.81. The van der Waals surface area contributed by atoms with Crippen LogP contribution >= 0.6 is 0 Å². The molecule has 1 aliphatic rings. The fourth-order valence-electron chi connectivity index (χ4n) is 3.10. The number of amides is 1. The highest BCUT2D eigenvalue weighted by molar-refractivity contribution is 5.82. The third-order valence-electron chi connectivity index (χ3n) is 4.34. The van der Waals surface area contributed by atoms with Gasteiger partial charge in [-0.2, -0.15) is 0 Å². The Kier molecular flexibility index (Phi) is 8.09. The van der Waals surface area contributed by atoms with Crippen LogP contribution in [0.3, 0.4) is 0 Å². The van der Waals surface area contributed by atoms with Gasteiger partial charge in [-0.05, 0) is 43.7 Å². The van der Waals surface area contributed by atoms with Gasteiger partial charge in [0, 0.05) is 19.7 Å². The first-order valence-electron chi connectivity index (χ1n) is 8.48. The van der Waals surface area contributed by atoms with Crippen LogP contribution in [0.15, 0.2) is 18.2 Å². The summed E-state index contributed by atoms with van der Waals surface area (Å²) in [4.78, 5) is 23.7. The van der Waals surface area contributed by atoms with Gasteiger partial charge in [-0.3, -0.25) is 9.59 Å². The Balaban J connectivity index is 0.00000139. The van der Waals surface area contributed by atoms with E-state index in [1.807, 2.05) is 25.8 Å². The van der Waals surface area contributed by atoms with Crippen molar-refractivity contribution >= 4 is 23.8 Å². The van der Waals surface area contributed by atoms with Crippen LogP contribution in [0.1, 0.15) is 39.5 Å². The van der Waals surface area contributed by atoms with Crippen molar-refractivity contribution in [2.75, 3.05) is 23.8 Å². The minimum absolute atomic E-state index is 0.146. The summed E-state index contributed by atoms with van der Waals surface area (Å²) in [5, 5.41) is 21.3. The van der Waals surface area contributed by atoms with Crippen molar-refractivity contribution in [1.82, 2.24) is 0 Å². The third kappa shape index (κ3) is 5.44. The second-order valence-electron chi connectivity index (χ2n) is 5.90. The third-order valence-corrected chi connectivity index (χ3v) is 4.34. The van der Waals surface area contributed by atoms with Crippen molar-refractivity contribution in [3.63, 3.8) is 0 Å². The van der Waals surface area contributed by atoms with Crippen LogP contribution < -0.4 is 10.2 Å². The van der Waals surface area contributed by atoms with Gasteiger partial charge in [-0.1, -0.05) is 13.8 Å². The molecule has 1 aliphatic carbocycles. The van der Waals surface area contributed by atoms with Crippen LogP contribution in [0, 0.1) is 11.8 Å². The van der Waals surface area contributed by atoms with Gasteiger partial charge in [0.15, 0.2) is 0 Å². The van der Waals surface area contributed by atoms with E-state index in [-0.39, 0.29) is 11.7 Å². The topological polar surface area (TPSA) is 89.9 Å². The van der Waals surface area contributed by atoms with E-state index in [2.05, 4.69) is 5.32 Å². The Morgan fingerprint density at radius 1 is 1.29 bits per heavy atom. The predicted molar refractivity (Wildman–Crippen MR) is 95.5 cm³/mol. The van der Waals surface area contributed by atoms with Crippen molar-refractivity contribution in [2.24, 2.45) is 11.8 Å². The molecule has 2 rings (SSSR count). The van der Waals surface area contributed by atoms with E-state index in [0.29, 0.717) is 30.9 Å². The van der Waals surface area contributed by atoms with E-state index in [1.54, 1.807) is 12.1 Å². The highest BCUT2D eigenvalue weighted by Crippen LogP contribution is 2.33. The summed E-state index contributed by atoms with van der Waals surface area (Å²) in [6.07, 6.45) is 3.82. The van der Waals surface area contributed by atoms with Crippen LogP contribution in [-0.2, 0) is 9.59 Å². The first kappa shape index (κ1) is 19.8. The van der Waals surface area contributed by atoms with Gasteiger partial charge in [0.2, 0.25) is 6.41 Å². The minimum atomic E-state index is -0.697. The van der Waals surface area contributed by atoms with Gasteiger partial charge in [-0.25, -0.2) is 0 Å². The fraction of sp³-hybridized carbons (Fsp3) is 0.556. The predicted octanol–water partition coefficient (Wildman–Crippen LogP) is 3.31. The summed E-state index contributed by atoms with van der Waals surface area (Å²) in [6.45, 7) is 4.77. The van der Waals surface area contributed by atoms with Crippen molar-refractivity contribution in [3.8, 4) is 5.75 Å². The molecule has 1 amide bonds. The molecule has 0 unspecified atom stereocenters. The van der Waals surface area contributed by atoms with E-state index in [4.69, 9.17) is 5.11 Å². The number of carboxylic acid groups (broad SMARTS) is 1. The summed E-state index contributed by atoms with van der Waals surface area (Å²) in [5.41, 5.74) is 1.40. The molecule has 0 atom stereocenters. The van der Waals surface area contributed by atoms with Gasteiger partial charge in [-0.15, -0.1) is 0 Å². The molecule has 6 heteroatoms. The van der Waals surface area contributed by atoms with E-state index in [0.717, 1.165) is 25.1 Å².